The third-order valence-electron chi connectivity index (χ3n) is 4.13. The van der Waals surface area contributed by atoms with E-state index in [4.69, 9.17) is 5.11 Å². The van der Waals surface area contributed by atoms with Crippen molar-refractivity contribution in [3.63, 3.8) is 0 Å². The van der Waals surface area contributed by atoms with Crippen LogP contribution in [0.5, 0.6) is 0 Å². The summed E-state index contributed by atoms with van der Waals surface area (Å²) < 4.78 is 0. The first kappa shape index (κ1) is 21.4. The van der Waals surface area contributed by atoms with Crippen LogP contribution in [0.1, 0.15) is 96.8 Å². The smallest absolute Gasteiger partial charge is 0.303 e. The number of aliphatic hydroxyl groups is 2. The van der Waals surface area contributed by atoms with Crippen LogP contribution in [0.15, 0.2) is 0 Å². The van der Waals surface area contributed by atoms with Crippen LogP contribution in [0.25, 0.3) is 0 Å². The molecule has 0 aromatic carbocycles. The predicted octanol–water partition coefficient (Wildman–Crippen LogP) is 4.27. The van der Waals surface area contributed by atoms with Gasteiger partial charge >= 0.3 is 5.97 Å². The van der Waals surface area contributed by atoms with Gasteiger partial charge in [-0.2, -0.15) is 0 Å². The monoisotopic (exact) mass is 316 g/mol. The summed E-state index contributed by atoms with van der Waals surface area (Å²) in [4.78, 5) is 10.3. The average Bonchev–Trinajstić information content (AvgIpc) is 2.47. The molecule has 132 valence electrons. The lowest BCUT2D eigenvalue weighted by Crippen LogP contribution is -2.13. The summed E-state index contributed by atoms with van der Waals surface area (Å²) in [6.07, 6.45) is 12.6. The minimum absolute atomic E-state index is 0.249. The van der Waals surface area contributed by atoms with Gasteiger partial charge in [0, 0.05) is 6.42 Å². The van der Waals surface area contributed by atoms with Gasteiger partial charge in [-0.25, -0.2) is 0 Å². The van der Waals surface area contributed by atoms with Gasteiger partial charge in [-0.15, -0.1) is 0 Å². The van der Waals surface area contributed by atoms with Gasteiger partial charge < -0.3 is 15.3 Å². The molecule has 0 fully saturated rings. The summed E-state index contributed by atoms with van der Waals surface area (Å²) in [7, 11) is 0. The van der Waals surface area contributed by atoms with Crippen molar-refractivity contribution in [2.24, 2.45) is 0 Å². The number of carboxylic acids is 1. The Morgan fingerprint density at radius 1 is 0.727 bits per heavy atom. The van der Waals surface area contributed by atoms with E-state index in [1.165, 1.54) is 19.3 Å². The number of carboxylic acid groups (broad SMARTS) is 1. The van der Waals surface area contributed by atoms with Crippen molar-refractivity contribution in [1.29, 1.82) is 0 Å². The number of rotatable bonds is 16. The molecule has 0 bridgehead atoms. The molecule has 2 unspecified atom stereocenters. The second-order valence-electron chi connectivity index (χ2n) is 6.43. The van der Waals surface area contributed by atoms with E-state index in [0.29, 0.717) is 19.3 Å². The molecule has 0 amide bonds. The highest BCUT2D eigenvalue weighted by molar-refractivity contribution is 5.66. The van der Waals surface area contributed by atoms with E-state index in [1.807, 2.05) is 0 Å². The van der Waals surface area contributed by atoms with Gasteiger partial charge in [0.1, 0.15) is 0 Å². The minimum atomic E-state index is -0.694. The van der Waals surface area contributed by atoms with Gasteiger partial charge in [0.25, 0.3) is 0 Å². The van der Waals surface area contributed by atoms with Crippen LogP contribution in [-0.2, 0) is 4.79 Å². The van der Waals surface area contributed by atoms with Gasteiger partial charge in [-0.1, -0.05) is 58.3 Å². The predicted molar refractivity (Wildman–Crippen MR) is 90.0 cm³/mol. The third-order valence-corrected chi connectivity index (χ3v) is 4.13. The maximum absolute atomic E-state index is 10.3. The quantitative estimate of drug-likeness (QED) is 0.371. The second-order valence-corrected chi connectivity index (χ2v) is 6.43. The normalized spacial score (nSPS) is 14.0. The van der Waals surface area contributed by atoms with Crippen molar-refractivity contribution in [1.82, 2.24) is 0 Å². The molecule has 0 aliphatic carbocycles. The van der Waals surface area contributed by atoms with Gasteiger partial charge in [0.2, 0.25) is 0 Å². The molecule has 2 atom stereocenters. The van der Waals surface area contributed by atoms with Gasteiger partial charge in [-0.05, 0) is 32.1 Å². The summed E-state index contributed by atoms with van der Waals surface area (Å²) in [5.74, 6) is -0.694. The molecule has 0 radical (unpaired) electrons. The Labute approximate surface area is 135 Å². The molecule has 4 heteroatoms. The Bertz CT molecular complexity index is 255. The fraction of sp³-hybridized carbons (Fsp3) is 0.944. The molecule has 4 nitrogen and oxygen atoms in total. The SMILES string of the molecule is CCCC(O)CCC(O)CCCCCCCCCCC(=O)O. The van der Waals surface area contributed by atoms with Crippen LogP contribution in [0, 0.1) is 0 Å². The Morgan fingerprint density at radius 2 is 1.18 bits per heavy atom. The molecule has 0 aromatic rings. The fourth-order valence-corrected chi connectivity index (χ4v) is 2.72. The summed E-state index contributed by atoms with van der Waals surface area (Å²) >= 11 is 0. The molecule has 0 saturated heterocycles. The number of unbranched alkanes of at least 4 members (excludes halogenated alkanes) is 7. The van der Waals surface area contributed by atoms with Crippen molar-refractivity contribution in [3.8, 4) is 0 Å². The maximum Gasteiger partial charge on any atom is 0.303 e. The van der Waals surface area contributed by atoms with E-state index < -0.39 is 5.97 Å². The molecule has 3 N–H and O–H groups in total. The Hall–Kier alpha value is -0.610. The zero-order valence-electron chi connectivity index (χ0n) is 14.3. The minimum Gasteiger partial charge on any atom is -0.481 e. The van der Waals surface area contributed by atoms with E-state index >= 15 is 0 Å². The van der Waals surface area contributed by atoms with Gasteiger partial charge in [0.15, 0.2) is 0 Å². The number of aliphatic hydroxyl groups excluding tert-OH is 2. The number of hydrogen-bond donors (Lipinski definition) is 3. The van der Waals surface area contributed by atoms with E-state index in [1.54, 1.807) is 0 Å². The van der Waals surface area contributed by atoms with Crippen LogP contribution in [0.2, 0.25) is 0 Å². The van der Waals surface area contributed by atoms with Gasteiger partial charge in [0.05, 0.1) is 12.2 Å². The largest absolute Gasteiger partial charge is 0.481 e. The lowest BCUT2D eigenvalue weighted by atomic mass is 10.0. The van der Waals surface area contributed by atoms with Crippen LogP contribution >= 0.6 is 0 Å². The van der Waals surface area contributed by atoms with E-state index in [9.17, 15) is 15.0 Å². The highest BCUT2D eigenvalue weighted by Crippen LogP contribution is 2.14. The van der Waals surface area contributed by atoms with E-state index in [2.05, 4.69) is 6.92 Å². The maximum atomic E-state index is 10.3. The molecule has 0 aliphatic rings. The Kier molecular flexibility index (Phi) is 14.9. The van der Waals surface area contributed by atoms with Crippen LogP contribution < -0.4 is 0 Å². The average molecular weight is 316 g/mol. The first-order valence-corrected chi connectivity index (χ1v) is 9.14. The summed E-state index contributed by atoms with van der Waals surface area (Å²) in [5, 5.41) is 28.0. The molecule has 0 aromatic heterocycles. The first-order valence-electron chi connectivity index (χ1n) is 9.14. The molecule has 0 rings (SSSR count). The van der Waals surface area contributed by atoms with Crippen molar-refractivity contribution in [2.45, 2.75) is 109 Å². The molecule has 0 aliphatic heterocycles. The Morgan fingerprint density at radius 3 is 1.68 bits per heavy atom. The standard InChI is InChI=1S/C18H36O4/c1-2-11-16(19)14-15-17(20)12-9-7-5-3-4-6-8-10-13-18(21)22/h16-17,19-20H,2-15H2,1H3,(H,21,22). The molecule has 22 heavy (non-hydrogen) atoms. The highest BCUT2D eigenvalue weighted by Gasteiger charge is 2.08. The molecule has 0 spiro atoms. The topological polar surface area (TPSA) is 77.8 Å². The second kappa shape index (κ2) is 15.3. The van der Waals surface area contributed by atoms with Crippen LogP contribution in [0.3, 0.4) is 0 Å². The lowest BCUT2D eigenvalue weighted by molar-refractivity contribution is -0.137. The zero-order chi connectivity index (χ0) is 16.6. The van der Waals surface area contributed by atoms with Gasteiger partial charge in [-0.3, -0.25) is 4.79 Å². The first-order chi connectivity index (χ1) is 10.6. The molecular weight excluding hydrogens is 280 g/mol. The highest BCUT2D eigenvalue weighted by atomic mass is 16.4. The van der Waals surface area contributed by atoms with Crippen molar-refractivity contribution in [2.75, 3.05) is 0 Å². The van der Waals surface area contributed by atoms with Crippen LogP contribution in [0.4, 0.5) is 0 Å². The molecular formula is C18H36O4. The van der Waals surface area contributed by atoms with Crippen LogP contribution in [-0.4, -0.2) is 33.5 Å². The fourth-order valence-electron chi connectivity index (χ4n) is 2.72. The van der Waals surface area contributed by atoms with Crippen molar-refractivity contribution in [3.05, 3.63) is 0 Å². The number of aliphatic carboxylic acids is 1. The van der Waals surface area contributed by atoms with Crippen molar-refractivity contribution >= 4 is 5.97 Å². The summed E-state index contributed by atoms with van der Waals surface area (Å²) in [6.45, 7) is 2.06. The zero-order valence-corrected chi connectivity index (χ0v) is 14.3. The number of carbonyl (C=O) groups is 1. The van der Waals surface area contributed by atoms with Crippen molar-refractivity contribution < 1.29 is 20.1 Å². The Balaban J connectivity index is 3.23. The van der Waals surface area contributed by atoms with E-state index in [-0.39, 0.29) is 12.2 Å². The third kappa shape index (κ3) is 15.8. The summed E-state index contributed by atoms with van der Waals surface area (Å²) in [5.41, 5.74) is 0. The van der Waals surface area contributed by atoms with E-state index in [0.717, 1.165) is 51.4 Å². The molecule has 0 heterocycles. The number of hydrogen-bond acceptors (Lipinski definition) is 3. The summed E-state index contributed by atoms with van der Waals surface area (Å²) in [6, 6.07) is 0. The molecule has 0 saturated carbocycles. The lowest BCUT2D eigenvalue weighted by Gasteiger charge is -2.13.